The Labute approximate surface area is 223 Å². The van der Waals surface area contributed by atoms with Crippen LogP contribution in [0.15, 0.2) is 82.0 Å². The molecule has 0 unspecified atom stereocenters. The molecule has 39 heavy (non-hydrogen) atoms. The minimum Gasteiger partial charge on any atom is -0.743 e. The van der Waals surface area contributed by atoms with Crippen molar-refractivity contribution >= 4 is 32.1 Å². The lowest BCUT2D eigenvalue weighted by Crippen LogP contribution is -3.61. The van der Waals surface area contributed by atoms with E-state index in [2.05, 4.69) is 30.3 Å². The Balaban J connectivity index is 0.000000225. The maximum atomic E-state index is 12.6. The van der Waals surface area contributed by atoms with Crippen molar-refractivity contribution in [3.05, 3.63) is 90.2 Å². The van der Waals surface area contributed by atoms with Gasteiger partial charge in [-0.05, 0) is 36.4 Å². The molecular weight excluding hydrogens is 686 g/mol. The molecule has 0 N–H and O–H groups in total. The summed E-state index contributed by atoms with van der Waals surface area (Å²) in [6.07, 6.45) is -7.16. The molecule has 0 aliphatic rings. The highest BCUT2D eigenvalue weighted by atomic mass is 127. The lowest BCUT2D eigenvalue weighted by molar-refractivity contribution is -0.597. The van der Waals surface area contributed by atoms with Crippen molar-refractivity contribution in [2.75, 3.05) is 0 Å². The van der Waals surface area contributed by atoms with Gasteiger partial charge < -0.3 is 8.97 Å². The summed E-state index contributed by atoms with van der Waals surface area (Å²) in [5, 5.41) is -5.80. The summed E-state index contributed by atoms with van der Waals surface area (Å²) in [6.45, 7) is 0. The Morgan fingerprint density at radius 2 is 1.21 bits per heavy atom. The minimum atomic E-state index is -7.43. The van der Waals surface area contributed by atoms with E-state index in [4.69, 9.17) is 4.42 Å². The Kier molecular flexibility index (Phi) is 8.34. The molecule has 4 aromatic rings. The highest BCUT2D eigenvalue weighted by Gasteiger charge is 2.83. The number of halogens is 10. The zero-order valence-corrected chi connectivity index (χ0v) is 21.6. The first-order valence-corrected chi connectivity index (χ1v) is 13.7. The van der Waals surface area contributed by atoms with Gasteiger partial charge in [0.1, 0.15) is 11.2 Å². The van der Waals surface area contributed by atoms with E-state index in [1.165, 1.54) is 7.14 Å². The highest BCUT2D eigenvalue weighted by Crippen LogP contribution is 2.54. The smallest absolute Gasteiger partial charge is 0.460 e. The van der Waals surface area contributed by atoms with Crippen LogP contribution in [0.2, 0.25) is 0 Å². The summed E-state index contributed by atoms with van der Waals surface area (Å²) >= 11 is -0.284. The first kappa shape index (κ1) is 30.7. The normalized spacial score (nSPS) is 13.3. The fraction of sp³-hybridized carbons (Fsp3) is 0.174. The van der Waals surface area contributed by atoms with Gasteiger partial charge in [0.05, 0.1) is 10.8 Å². The van der Waals surface area contributed by atoms with Crippen molar-refractivity contribution in [3.63, 3.8) is 0 Å². The number of fused-ring (bicyclic) bond motifs is 2. The molecule has 16 heteroatoms. The molecule has 0 radical (unpaired) electrons. The van der Waals surface area contributed by atoms with Crippen LogP contribution in [-0.2, 0) is 10.1 Å². The Bertz CT molecular complexity index is 1650. The minimum absolute atomic E-state index is 0.0516. The van der Waals surface area contributed by atoms with Crippen molar-refractivity contribution in [1.29, 1.82) is 0 Å². The molecule has 4 rings (SSSR count). The number of rotatable bonds is 5. The predicted octanol–water partition coefficient (Wildman–Crippen LogP) is 3.03. The second kappa shape index (κ2) is 10.6. The fourth-order valence-electron chi connectivity index (χ4n) is 2.96. The van der Waals surface area contributed by atoms with E-state index in [-0.39, 0.29) is 26.6 Å². The molecule has 0 atom stereocenters. The monoisotopic (exact) mass is 698 g/mol. The molecule has 0 amide bonds. The Morgan fingerprint density at radius 1 is 0.667 bits per heavy atom. The first-order valence-electron chi connectivity index (χ1n) is 10.1. The van der Waals surface area contributed by atoms with Gasteiger partial charge in [-0.2, -0.15) is 39.5 Å². The number of hydrogen-bond acceptors (Lipinski definition) is 5. The summed E-state index contributed by atoms with van der Waals surface area (Å²) in [4.78, 5) is 12.6. The molecule has 0 saturated carbocycles. The fourth-order valence-corrected chi connectivity index (χ4v) is 5.72. The van der Waals surface area contributed by atoms with Gasteiger partial charge in [-0.15, -0.1) is 0 Å². The van der Waals surface area contributed by atoms with Crippen LogP contribution in [0, 0.1) is 7.14 Å². The third-order valence-electron chi connectivity index (χ3n) is 4.92. The van der Waals surface area contributed by atoms with Crippen LogP contribution in [0.25, 0.3) is 21.9 Å². The van der Waals surface area contributed by atoms with Crippen molar-refractivity contribution in [2.45, 2.75) is 23.3 Å². The predicted molar refractivity (Wildman–Crippen MR) is 114 cm³/mol. The molecule has 0 aliphatic heterocycles. The van der Waals surface area contributed by atoms with E-state index in [1.54, 1.807) is 0 Å². The zero-order valence-electron chi connectivity index (χ0n) is 18.7. The maximum absolute atomic E-state index is 12.6. The molecule has 0 saturated heterocycles. The van der Waals surface area contributed by atoms with Crippen LogP contribution >= 0.6 is 0 Å². The summed E-state index contributed by atoms with van der Waals surface area (Å²) in [6, 6.07) is 23.8. The number of para-hydroxylation sites is 1. The molecule has 3 aromatic carbocycles. The summed E-state index contributed by atoms with van der Waals surface area (Å²) in [7, 11) is -7.42. The van der Waals surface area contributed by atoms with Gasteiger partial charge in [0.2, 0.25) is 5.43 Å². The van der Waals surface area contributed by atoms with E-state index in [0.29, 0.717) is 21.9 Å². The average Bonchev–Trinajstić information content (AvgIpc) is 2.84. The van der Waals surface area contributed by atoms with Gasteiger partial charge in [-0.25, -0.2) is 8.42 Å². The van der Waals surface area contributed by atoms with Crippen LogP contribution in [-0.4, -0.2) is 36.2 Å². The Hall–Kier alpha value is -2.86. The topological polar surface area (TPSA) is 87.4 Å². The van der Waals surface area contributed by atoms with Crippen molar-refractivity contribution in [3.8, 4) is 0 Å². The van der Waals surface area contributed by atoms with E-state index in [1.807, 2.05) is 42.5 Å². The lowest BCUT2D eigenvalue weighted by atomic mass is 10.1. The number of benzene rings is 3. The van der Waals surface area contributed by atoms with E-state index in [9.17, 15) is 57.3 Å². The lowest BCUT2D eigenvalue weighted by Gasteiger charge is -2.34. The third kappa shape index (κ3) is 5.86. The highest BCUT2D eigenvalue weighted by molar-refractivity contribution is 7.86. The summed E-state index contributed by atoms with van der Waals surface area (Å²) < 4.78 is 144. The largest absolute Gasteiger partial charge is 0.743 e. The third-order valence-corrected chi connectivity index (χ3v) is 8.44. The molecule has 1 heterocycles. The molecule has 0 spiro atoms. The van der Waals surface area contributed by atoms with Gasteiger partial charge in [0.25, 0.3) is 0 Å². The van der Waals surface area contributed by atoms with Crippen molar-refractivity contribution < 1.29 is 78.1 Å². The molecule has 0 bridgehead atoms. The first-order chi connectivity index (χ1) is 17.8. The standard InChI is InChI=1S/C19H12IO2.C4HF9O3S/c21-19-15-8-4-5-9-17(15)22-18-11-10-14(12-16(18)19)20-13-6-2-1-3-7-13;5-1(6,3(9,10)11)2(7,8)4(12,13)17(14,15)16/h1-12H;(H,14,15,16)/q+1;/p-1. The molecule has 0 fully saturated rings. The Morgan fingerprint density at radius 3 is 1.77 bits per heavy atom. The quantitative estimate of drug-likeness (QED) is 0.139. The van der Waals surface area contributed by atoms with E-state index in [0.717, 1.165) is 0 Å². The molecule has 210 valence electrons. The second-order valence-electron chi connectivity index (χ2n) is 7.58. The van der Waals surface area contributed by atoms with Gasteiger partial charge in [0.15, 0.2) is 17.3 Å². The van der Waals surface area contributed by atoms with Gasteiger partial charge in [-0.1, -0.05) is 30.3 Å². The maximum Gasteiger partial charge on any atom is 0.460 e. The summed E-state index contributed by atoms with van der Waals surface area (Å²) in [5.74, 6) is -14.8. The van der Waals surface area contributed by atoms with Crippen molar-refractivity contribution in [1.82, 2.24) is 0 Å². The van der Waals surface area contributed by atoms with E-state index >= 15 is 0 Å². The van der Waals surface area contributed by atoms with Gasteiger partial charge in [0, 0.05) is 6.07 Å². The average molecular weight is 698 g/mol. The van der Waals surface area contributed by atoms with Crippen LogP contribution in [0.3, 0.4) is 0 Å². The van der Waals surface area contributed by atoms with Crippen LogP contribution in [0.4, 0.5) is 39.5 Å². The molecule has 5 nitrogen and oxygen atoms in total. The van der Waals surface area contributed by atoms with Crippen LogP contribution < -0.4 is 26.6 Å². The van der Waals surface area contributed by atoms with Gasteiger partial charge in [-0.3, -0.25) is 4.79 Å². The van der Waals surface area contributed by atoms with Crippen molar-refractivity contribution in [2.24, 2.45) is 0 Å². The molecule has 0 aliphatic carbocycles. The SMILES string of the molecule is O=S(=O)([O-])C(F)(F)C(F)(F)C(F)(F)C(F)(F)F.O=c1c2ccccc2oc2ccc([I+]c3ccccc3)cc12. The van der Waals surface area contributed by atoms with Crippen LogP contribution in [0.5, 0.6) is 0 Å². The zero-order chi connectivity index (χ0) is 29.4. The summed E-state index contributed by atoms with van der Waals surface area (Å²) in [5.41, 5.74) is 1.35. The van der Waals surface area contributed by atoms with E-state index < -0.39 is 33.4 Å². The van der Waals surface area contributed by atoms with Crippen LogP contribution in [0.1, 0.15) is 0 Å². The second-order valence-corrected chi connectivity index (χ2v) is 12.0. The molecular formula is C23H12F9IO5S. The number of alkyl halides is 9. The van der Waals surface area contributed by atoms with Gasteiger partial charge >= 0.3 is 44.5 Å². The number of hydrogen-bond donors (Lipinski definition) is 0. The molecule has 1 aromatic heterocycles.